The maximum atomic E-state index is 13.6. The Morgan fingerprint density at radius 1 is 1.20 bits per heavy atom. The van der Waals surface area contributed by atoms with Crippen molar-refractivity contribution in [3.8, 4) is 5.75 Å². The lowest BCUT2D eigenvalue weighted by atomic mass is 10.1. The molecule has 25 heavy (non-hydrogen) atoms. The van der Waals surface area contributed by atoms with Gasteiger partial charge in [0.25, 0.3) is 0 Å². The third-order valence-corrected chi connectivity index (χ3v) is 4.06. The second-order valence-corrected chi connectivity index (χ2v) is 5.79. The van der Waals surface area contributed by atoms with Crippen LogP contribution in [0.15, 0.2) is 53.5 Å². The van der Waals surface area contributed by atoms with E-state index in [1.165, 1.54) is 6.07 Å². The zero-order valence-electron chi connectivity index (χ0n) is 14.1. The topological polar surface area (TPSA) is 47.9 Å². The van der Waals surface area contributed by atoms with Crippen molar-refractivity contribution < 1.29 is 18.7 Å². The van der Waals surface area contributed by atoms with Crippen molar-refractivity contribution in [2.24, 2.45) is 4.99 Å². The predicted molar refractivity (Wildman–Crippen MR) is 93.4 cm³/mol. The number of hydrogen-bond acceptors (Lipinski definition) is 4. The van der Waals surface area contributed by atoms with Gasteiger partial charge >= 0.3 is 5.97 Å². The molecule has 1 atom stereocenters. The van der Waals surface area contributed by atoms with Gasteiger partial charge in [-0.2, -0.15) is 0 Å². The van der Waals surface area contributed by atoms with Crippen LogP contribution < -0.4 is 4.74 Å². The van der Waals surface area contributed by atoms with Gasteiger partial charge in [-0.3, -0.25) is 4.99 Å². The summed E-state index contributed by atoms with van der Waals surface area (Å²) in [5, 5.41) is 0. The molecule has 5 heteroatoms. The first-order valence-corrected chi connectivity index (χ1v) is 8.37. The van der Waals surface area contributed by atoms with Crippen molar-refractivity contribution in [1.82, 2.24) is 0 Å². The summed E-state index contributed by atoms with van der Waals surface area (Å²) in [5.74, 6) is 0.124. The zero-order chi connectivity index (χ0) is 17.6. The summed E-state index contributed by atoms with van der Waals surface area (Å²) in [6.07, 6.45) is 1.43. The van der Waals surface area contributed by atoms with Gasteiger partial charge in [-0.25, -0.2) is 9.18 Å². The molecule has 3 rings (SSSR count). The highest BCUT2D eigenvalue weighted by Gasteiger charge is 2.25. The molecule has 4 nitrogen and oxygen atoms in total. The first-order chi connectivity index (χ1) is 12.2. The van der Waals surface area contributed by atoms with Crippen LogP contribution in [0.5, 0.6) is 5.75 Å². The van der Waals surface area contributed by atoms with E-state index in [1.807, 2.05) is 24.3 Å². The first kappa shape index (κ1) is 17.1. The van der Waals surface area contributed by atoms with E-state index in [9.17, 15) is 9.18 Å². The van der Waals surface area contributed by atoms with Crippen molar-refractivity contribution in [2.45, 2.75) is 32.4 Å². The third kappa shape index (κ3) is 4.24. The van der Waals surface area contributed by atoms with Gasteiger partial charge in [0, 0.05) is 11.3 Å². The maximum absolute atomic E-state index is 13.6. The number of hydrogen-bond donors (Lipinski definition) is 0. The largest absolute Gasteiger partial charge is 0.489 e. The van der Waals surface area contributed by atoms with E-state index < -0.39 is 6.04 Å². The minimum atomic E-state index is -0.396. The van der Waals surface area contributed by atoms with Gasteiger partial charge in [0.15, 0.2) is 0 Å². The monoisotopic (exact) mass is 341 g/mol. The molecule has 0 amide bonds. The summed E-state index contributed by atoms with van der Waals surface area (Å²) >= 11 is 0. The van der Waals surface area contributed by atoms with Crippen molar-refractivity contribution in [2.75, 3.05) is 6.61 Å². The van der Waals surface area contributed by atoms with E-state index in [1.54, 1.807) is 25.1 Å². The Labute approximate surface area is 146 Å². The maximum Gasteiger partial charge on any atom is 0.330 e. The number of halogens is 1. The molecule has 1 unspecified atom stereocenters. The predicted octanol–water partition coefficient (Wildman–Crippen LogP) is 3.92. The van der Waals surface area contributed by atoms with E-state index in [2.05, 4.69) is 4.99 Å². The molecular weight excluding hydrogens is 321 g/mol. The van der Waals surface area contributed by atoms with Gasteiger partial charge in [-0.1, -0.05) is 18.2 Å². The molecule has 0 N–H and O–H groups in total. The smallest absolute Gasteiger partial charge is 0.330 e. The second-order valence-electron chi connectivity index (χ2n) is 5.79. The van der Waals surface area contributed by atoms with Crippen LogP contribution >= 0.6 is 0 Å². The van der Waals surface area contributed by atoms with Crippen molar-refractivity contribution in [3.63, 3.8) is 0 Å². The second kappa shape index (κ2) is 7.92. The van der Waals surface area contributed by atoms with Gasteiger partial charge in [0.1, 0.15) is 24.2 Å². The lowest BCUT2D eigenvalue weighted by molar-refractivity contribution is -0.144. The number of carbonyl (C=O) groups is 1. The molecule has 0 bridgehead atoms. The Morgan fingerprint density at radius 3 is 2.68 bits per heavy atom. The Morgan fingerprint density at radius 2 is 1.96 bits per heavy atom. The fraction of sp³-hybridized carbons (Fsp3) is 0.300. The van der Waals surface area contributed by atoms with E-state index >= 15 is 0 Å². The molecule has 2 aromatic rings. The SMILES string of the molecule is CCOC(=O)C1CCC(c2ccc(OCc3ccccc3F)cc2)=N1. The molecule has 0 radical (unpaired) electrons. The molecule has 1 heterocycles. The summed E-state index contributed by atoms with van der Waals surface area (Å²) in [6, 6.07) is 13.6. The normalized spacial score (nSPS) is 16.4. The van der Waals surface area contributed by atoms with Crippen LogP contribution in [0.2, 0.25) is 0 Å². The summed E-state index contributed by atoms with van der Waals surface area (Å²) in [6.45, 7) is 2.34. The molecular formula is C20H20FNO3. The van der Waals surface area contributed by atoms with Gasteiger partial charge < -0.3 is 9.47 Å². The molecule has 1 aliphatic rings. The number of benzene rings is 2. The standard InChI is InChI=1S/C20H20FNO3/c1-2-24-20(23)19-12-11-18(22-19)14-7-9-16(10-8-14)25-13-15-5-3-4-6-17(15)21/h3-10,19H,2,11-13H2,1H3. The number of carbonyl (C=O) groups excluding carboxylic acids is 1. The minimum Gasteiger partial charge on any atom is -0.489 e. The van der Waals surface area contributed by atoms with Crippen molar-refractivity contribution in [1.29, 1.82) is 0 Å². The number of aliphatic imine (C=N–C) groups is 1. The Kier molecular flexibility index (Phi) is 5.43. The minimum absolute atomic E-state index is 0.178. The quantitative estimate of drug-likeness (QED) is 0.748. The van der Waals surface area contributed by atoms with Crippen LogP contribution in [0, 0.1) is 5.82 Å². The fourth-order valence-corrected chi connectivity index (χ4v) is 2.74. The molecule has 0 spiro atoms. The fourth-order valence-electron chi connectivity index (χ4n) is 2.74. The number of esters is 1. The third-order valence-electron chi connectivity index (χ3n) is 4.06. The Balaban J connectivity index is 1.62. The number of ether oxygens (including phenoxy) is 2. The number of rotatable bonds is 6. The van der Waals surface area contributed by atoms with E-state index in [0.717, 1.165) is 17.7 Å². The van der Waals surface area contributed by atoms with E-state index in [4.69, 9.17) is 9.47 Å². The molecule has 0 fully saturated rings. The van der Waals surface area contributed by atoms with E-state index in [-0.39, 0.29) is 18.4 Å². The average molecular weight is 341 g/mol. The summed E-state index contributed by atoms with van der Waals surface area (Å²) in [4.78, 5) is 16.2. The molecule has 1 aliphatic heterocycles. The lowest BCUT2D eigenvalue weighted by Gasteiger charge is -2.08. The van der Waals surface area contributed by atoms with Crippen molar-refractivity contribution >= 4 is 11.7 Å². The first-order valence-electron chi connectivity index (χ1n) is 8.37. The van der Waals surface area contributed by atoms with Crippen LogP contribution in [-0.4, -0.2) is 24.3 Å². The van der Waals surface area contributed by atoms with Gasteiger partial charge in [-0.05, 0) is 55.7 Å². The zero-order valence-corrected chi connectivity index (χ0v) is 14.1. The van der Waals surface area contributed by atoms with Crippen LogP contribution in [0.3, 0.4) is 0 Å². The number of nitrogens with zero attached hydrogens (tertiary/aromatic N) is 1. The van der Waals surface area contributed by atoms with E-state index in [0.29, 0.717) is 24.3 Å². The molecule has 0 aliphatic carbocycles. The van der Waals surface area contributed by atoms with Crippen LogP contribution in [0.4, 0.5) is 4.39 Å². The highest BCUT2D eigenvalue weighted by Crippen LogP contribution is 2.22. The van der Waals surface area contributed by atoms with Crippen LogP contribution in [0.25, 0.3) is 0 Å². The summed E-state index contributed by atoms with van der Waals surface area (Å²) < 4.78 is 24.2. The molecule has 130 valence electrons. The Bertz CT molecular complexity index is 771. The molecule has 0 aromatic heterocycles. The summed E-state index contributed by atoms with van der Waals surface area (Å²) in [7, 11) is 0. The summed E-state index contributed by atoms with van der Waals surface area (Å²) in [5.41, 5.74) is 2.38. The average Bonchev–Trinajstić information content (AvgIpc) is 3.12. The highest BCUT2D eigenvalue weighted by atomic mass is 19.1. The van der Waals surface area contributed by atoms with Gasteiger partial charge in [0.2, 0.25) is 0 Å². The highest BCUT2D eigenvalue weighted by molar-refractivity contribution is 6.03. The molecule has 0 saturated carbocycles. The molecule has 0 saturated heterocycles. The van der Waals surface area contributed by atoms with Gasteiger partial charge in [0.05, 0.1) is 6.61 Å². The van der Waals surface area contributed by atoms with Crippen molar-refractivity contribution in [3.05, 3.63) is 65.5 Å². The Hall–Kier alpha value is -2.69. The molecule has 2 aromatic carbocycles. The van der Waals surface area contributed by atoms with Crippen LogP contribution in [-0.2, 0) is 16.1 Å². The van der Waals surface area contributed by atoms with Crippen LogP contribution in [0.1, 0.15) is 30.9 Å². The lowest BCUT2D eigenvalue weighted by Crippen LogP contribution is -2.18. The van der Waals surface area contributed by atoms with Gasteiger partial charge in [-0.15, -0.1) is 0 Å².